The zero-order valence-electron chi connectivity index (χ0n) is 11.9. The predicted octanol–water partition coefficient (Wildman–Crippen LogP) is 2.92. The first-order chi connectivity index (χ1) is 7.74. The molecule has 0 saturated carbocycles. The van der Waals surface area contributed by atoms with Gasteiger partial charge in [0.05, 0.1) is 0 Å². The SMILES string of the molecule is CC(C)(C)[Si](C)(C)OCCCC1CCNC1=O. The van der Waals surface area contributed by atoms with Gasteiger partial charge >= 0.3 is 0 Å². The summed E-state index contributed by atoms with van der Waals surface area (Å²) in [4.78, 5) is 11.4. The molecule has 17 heavy (non-hydrogen) atoms. The Balaban J connectivity index is 2.22. The third-order valence-electron chi connectivity index (χ3n) is 4.13. The van der Waals surface area contributed by atoms with Crippen LogP contribution in [0.1, 0.15) is 40.0 Å². The fraction of sp³-hybridized carbons (Fsp3) is 0.923. The van der Waals surface area contributed by atoms with Crippen molar-refractivity contribution < 1.29 is 9.22 Å². The molecule has 1 saturated heterocycles. The van der Waals surface area contributed by atoms with Crippen molar-refractivity contribution in [2.24, 2.45) is 5.92 Å². The lowest BCUT2D eigenvalue weighted by atomic mass is 10.0. The minimum Gasteiger partial charge on any atom is -0.417 e. The fourth-order valence-electron chi connectivity index (χ4n) is 1.79. The summed E-state index contributed by atoms with van der Waals surface area (Å²) in [5.41, 5.74) is 0. The molecule has 4 heteroatoms. The first kappa shape index (κ1) is 14.7. The zero-order valence-corrected chi connectivity index (χ0v) is 12.9. The molecule has 0 bridgehead atoms. The summed E-state index contributed by atoms with van der Waals surface area (Å²) in [6.45, 7) is 13.0. The molecule has 1 heterocycles. The van der Waals surface area contributed by atoms with Gasteiger partial charge in [-0.2, -0.15) is 0 Å². The van der Waals surface area contributed by atoms with Gasteiger partial charge in [0, 0.05) is 19.1 Å². The topological polar surface area (TPSA) is 38.3 Å². The van der Waals surface area contributed by atoms with E-state index in [4.69, 9.17) is 4.43 Å². The zero-order chi connectivity index (χ0) is 13.1. The number of rotatable bonds is 5. The molecule has 1 N–H and O–H groups in total. The maximum absolute atomic E-state index is 11.4. The van der Waals surface area contributed by atoms with Crippen molar-refractivity contribution in [3.63, 3.8) is 0 Å². The standard InChI is InChI=1S/C13H27NO2Si/c1-13(2,3)17(4,5)16-10-6-7-11-8-9-14-12(11)15/h11H,6-10H2,1-5H3,(H,14,15). The Morgan fingerprint density at radius 3 is 2.53 bits per heavy atom. The molecule has 1 rings (SSSR count). The van der Waals surface area contributed by atoms with Crippen molar-refractivity contribution in [3.05, 3.63) is 0 Å². The monoisotopic (exact) mass is 257 g/mol. The van der Waals surface area contributed by atoms with Crippen LogP contribution in [-0.2, 0) is 9.22 Å². The number of hydrogen-bond donors (Lipinski definition) is 1. The fourth-order valence-corrected chi connectivity index (χ4v) is 2.88. The van der Waals surface area contributed by atoms with E-state index in [2.05, 4.69) is 39.2 Å². The maximum Gasteiger partial charge on any atom is 0.223 e. The van der Waals surface area contributed by atoms with Crippen molar-refractivity contribution in [1.82, 2.24) is 5.32 Å². The van der Waals surface area contributed by atoms with Crippen molar-refractivity contribution in [3.8, 4) is 0 Å². The van der Waals surface area contributed by atoms with Gasteiger partial charge in [0.1, 0.15) is 0 Å². The molecule has 1 amide bonds. The molecule has 0 aliphatic carbocycles. The quantitative estimate of drug-likeness (QED) is 0.607. The Bertz CT molecular complexity index is 271. The van der Waals surface area contributed by atoms with Crippen LogP contribution >= 0.6 is 0 Å². The molecule has 0 radical (unpaired) electrons. The largest absolute Gasteiger partial charge is 0.417 e. The molecule has 1 fully saturated rings. The van der Waals surface area contributed by atoms with E-state index in [1.807, 2.05) is 0 Å². The number of hydrogen-bond acceptors (Lipinski definition) is 2. The van der Waals surface area contributed by atoms with E-state index in [-0.39, 0.29) is 16.9 Å². The van der Waals surface area contributed by atoms with Crippen LogP contribution in [0.15, 0.2) is 0 Å². The summed E-state index contributed by atoms with van der Waals surface area (Å²) in [5.74, 6) is 0.468. The summed E-state index contributed by atoms with van der Waals surface area (Å²) in [6.07, 6.45) is 2.98. The van der Waals surface area contributed by atoms with Gasteiger partial charge in [0.2, 0.25) is 5.91 Å². The van der Waals surface area contributed by atoms with E-state index in [9.17, 15) is 4.79 Å². The van der Waals surface area contributed by atoms with Gasteiger partial charge in [-0.1, -0.05) is 20.8 Å². The Labute approximate surface area is 106 Å². The Kier molecular flexibility index (Phi) is 4.78. The van der Waals surface area contributed by atoms with Gasteiger partial charge < -0.3 is 9.74 Å². The minimum atomic E-state index is -1.60. The molecule has 0 aromatic rings. The lowest BCUT2D eigenvalue weighted by Gasteiger charge is -2.36. The molecule has 0 aromatic carbocycles. The Morgan fingerprint density at radius 2 is 2.06 bits per heavy atom. The molecule has 3 nitrogen and oxygen atoms in total. The van der Waals surface area contributed by atoms with Crippen LogP contribution in [0.25, 0.3) is 0 Å². The summed E-state index contributed by atoms with van der Waals surface area (Å²) in [5, 5.41) is 3.16. The van der Waals surface area contributed by atoms with E-state index < -0.39 is 8.32 Å². The van der Waals surface area contributed by atoms with Gasteiger partial charge in [-0.3, -0.25) is 4.79 Å². The van der Waals surface area contributed by atoms with Crippen LogP contribution < -0.4 is 5.32 Å². The highest BCUT2D eigenvalue weighted by Crippen LogP contribution is 2.36. The second kappa shape index (κ2) is 5.53. The van der Waals surface area contributed by atoms with Gasteiger partial charge in [-0.05, 0) is 37.4 Å². The lowest BCUT2D eigenvalue weighted by Crippen LogP contribution is -2.41. The predicted molar refractivity (Wildman–Crippen MR) is 73.5 cm³/mol. The lowest BCUT2D eigenvalue weighted by molar-refractivity contribution is -0.122. The van der Waals surface area contributed by atoms with Gasteiger partial charge in [-0.25, -0.2) is 0 Å². The van der Waals surface area contributed by atoms with E-state index in [1.165, 1.54) is 0 Å². The second-order valence-electron chi connectivity index (χ2n) is 6.53. The Morgan fingerprint density at radius 1 is 1.41 bits per heavy atom. The molecule has 1 aliphatic heterocycles. The van der Waals surface area contributed by atoms with Crippen molar-refractivity contribution in [1.29, 1.82) is 0 Å². The first-order valence-electron chi connectivity index (χ1n) is 6.66. The van der Waals surface area contributed by atoms with E-state index >= 15 is 0 Å². The average Bonchev–Trinajstić information content (AvgIpc) is 2.57. The highest BCUT2D eigenvalue weighted by molar-refractivity contribution is 6.74. The summed E-state index contributed by atoms with van der Waals surface area (Å²) in [6, 6.07) is 0. The number of carbonyl (C=O) groups excluding carboxylic acids is 1. The van der Waals surface area contributed by atoms with Crippen molar-refractivity contribution in [2.75, 3.05) is 13.2 Å². The second-order valence-corrected chi connectivity index (χ2v) is 11.3. The van der Waals surface area contributed by atoms with Crippen molar-refractivity contribution in [2.45, 2.75) is 58.2 Å². The maximum atomic E-state index is 11.4. The molecular formula is C13H27NO2Si. The van der Waals surface area contributed by atoms with Crippen molar-refractivity contribution >= 4 is 14.2 Å². The van der Waals surface area contributed by atoms with E-state index in [1.54, 1.807) is 0 Å². The highest BCUT2D eigenvalue weighted by Gasteiger charge is 2.36. The molecular weight excluding hydrogens is 230 g/mol. The molecule has 0 spiro atoms. The van der Waals surface area contributed by atoms with Gasteiger partial charge in [0.15, 0.2) is 8.32 Å². The van der Waals surface area contributed by atoms with Crippen LogP contribution in [-0.4, -0.2) is 27.4 Å². The molecule has 1 aliphatic rings. The smallest absolute Gasteiger partial charge is 0.223 e. The van der Waals surface area contributed by atoms with Crippen LogP contribution in [0.2, 0.25) is 18.1 Å². The third-order valence-corrected chi connectivity index (χ3v) is 8.67. The molecule has 1 unspecified atom stereocenters. The van der Waals surface area contributed by atoms with Crippen LogP contribution in [0.4, 0.5) is 0 Å². The minimum absolute atomic E-state index is 0.234. The summed E-state index contributed by atoms with van der Waals surface area (Å²) >= 11 is 0. The normalized spacial score (nSPS) is 21.7. The summed E-state index contributed by atoms with van der Waals surface area (Å²) in [7, 11) is -1.60. The number of amides is 1. The third kappa shape index (κ3) is 4.10. The Hall–Kier alpha value is -0.353. The molecule has 1 atom stereocenters. The first-order valence-corrected chi connectivity index (χ1v) is 9.56. The highest BCUT2D eigenvalue weighted by atomic mass is 28.4. The van der Waals surface area contributed by atoms with E-state index in [0.717, 1.165) is 32.4 Å². The average molecular weight is 257 g/mol. The number of nitrogens with one attached hydrogen (secondary N) is 1. The van der Waals surface area contributed by atoms with Crippen LogP contribution in [0.3, 0.4) is 0 Å². The van der Waals surface area contributed by atoms with E-state index in [0.29, 0.717) is 0 Å². The van der Waals surface area contributed by atoms with Crippen LogP contribution in [0.5, 0.6) is 0 Å². The number of carbonyl (C=O) groups is 1. The molecule has 0 aromatic heterocycles. The molecule has 100 valence electrons. The van der Waals surface area contributed by atoms with Gasteiger partial charge in [0.25, 0.3) is 0 Å². The van der Waals surface area contributed by atoms with Gasteiger partial charge in [-0.15, -0.1) is 0 Å². The van der Waals surface area contributed by atoms with Crippen LogP contribution in [0, 0.1) is 5.92 Å². The summed E-state index contributed by atoms with van der Waals surface area (Å²) < 4.78 is 6.10.